The van der Waals surface area contributed by atoms with E-state index in [1.54, 1.807) is 16.8 Å². The molecule has 0 saturated heterocycles. The predicted octanol–water partition coefficient (Wildman–Crippen LogP) is 0.291. The van der Waals surface area contributed by atoms with Crippen molar-refractivity contribution in [3.63, 3.8) is 0 Å². The molecule has 0 bridgehead atoms. The Kier molecular flexibility index (Phi) is 4.81. The highest BCUT2D eigenvalue weighted by Crippen LogP contribution is 2.10. The van der Waals surface area contributed by atoms with E-state index >= 15 is 0 Å². The van der Waals surface area contributed by atoms with Crippen molar-refractivity contribution in [2.75, 3.05) is 13.1 Å². The highest BCUT2D eigenvalue weighted by atomic mass is 32.1. The van der Waals surface area contributed by atoms with E-state index in [-0.39, 0.29) is 12.5 Å². The molecule has 0 aliphatic heterocycles. The maximum atomic E-state index is 11.3. The molecule has 80 valence electrons. The summed E-state index contributed by atoms with van der Waals surface area (Å²) in [6.45, 7) is 3.12. The molecule has 0 fully saturated rings. The first-order chi connectivity index (χ1) is 7.24. The lowest BCUT2D eigenvalue weighted by atomic mass is 10.4. The van der Waals surface area contributed by atoms with Crippen LogP contribution < -0.4 is 10.6 Å². The summed E-state index contributed by atoms with van der Waals surface area (Å²) >= 11 is 1.54. The summed E-state index contributed by atoms with van der Waals surface area (Å²) in [6, 6.07) is 0. The first-order valence-corrected chi connectivity index (χ1v) is 5.42. The van der Waals surface area contributed by atoms with Crippen LogP contribution in [-0.2, 0) is 11.3 Å². The number of aryl methyl sites for hydroxylation is 1. The molecule has 0 atom stereocenters. The Hall–Kier alpha value is -1.38. The molecule has 0 radical (unpaired) electrons. The molecule has 1 aromatic rings. The molecule has 0 unspecified atom stereocenters. The van der Waals surface area contributed by atoms with E-state index in [1.807, 2.05) is 6.92 Å². The third-order valence-electron chi connectivity index (χ3n) is 1.80. The van der Waals surface area contributed by atoms with Gasteiger partial charge in [-0.25, -0.2) is 4.98 Å². The minimum atomic E-state index is -0.0574. The zero-order valence-corrected chi connectivity index (χ0v) is 9.36. The molecule has 2 N–H and O–H groups in total. The lowest BCUT2D eigenvalue weighted by molar-refractivity contribution is -0.120. The highest BCUT2D eigenvalue weighted by Gasteiger charge is 2.03. The number of hydrogen-bond acceptors (Lipinski definition) is 4. The first-order valence-electron chi connectivity index (χ1n) is 4.54. The quantitative estimate of drug-likeness (QED) is 0.557. The van der Waals surface area contributed by atoms with Gasteiger partial charge in [0.15, 0.2) is 0 Å². The normalized spacial score (nSPS) is 9.60. The van der Waals surface area contributed by atoms with Crippen LogP contribution >= 0.6 is 11.3 Å². The molecule has 0 aliphatic carbocycles. The fourth-order valence-corrected chi connectivity index (χ4v) is 1.70. The lowest BCUT2D eigenvalue weighted by Gasteiger charge is -2.03. The van der Waals surface area contributed by atoms with Crippen molar-refractivity contribution in [3.8, 4) is 12.3 Å². The van der Waals surface area contributed by atoms with Crippen molar-refractivity contribution in [2.45, 2.75) is 13.5 Å². The van der Waals surface area contributed by atoms with Gasteiger partial charge >= 0.3 is 0 Å². The Bertz CT molecular complexity index is 367. The van der Waals surface area contributed by atoms with E-state index in [0.717, 1.165) is 10.6 Å². The molecule has 5 heteroatoms. The summed E-state index contributed by atoms with van der Waals surface area (Å²) in [6.07, 6.45) is 5.03. The van der Waals surface area contributed by atoms with Crippen molar-refractivity contribution in [3.05, 3.63) is 16.1 Å². The van der Waals surface area contributed by atoms with Crippen molar-refractivity contribution in [1.82, 2.24) is 15.6 Å². The Labute approximate surface area is 93.1 Å². The monoisotopic (exact) mass is 223 g/mol. The van der Waals surface area contributed by atoms with Crippen LogP contribution in [0.1, 0.15) is 10.6 Å². The van der Waals surface area contributed by atoms with Gasteiger partial charge in [0.05, 0.1) is 30.8 Å². The molecule has 0 spiro atoms. The molecule has 15 heavy (non-hydrogen) atoms. The van der Waals surface area contributed by atoms with Crippen LogP contribution in [0.4, 0.5) is 0 Å². The van der Waals surface area contributed by atoms with Crippen molar-refractivity contribution < 1.29 is 4.79 Å². The largest absolute Gasteiger partial charge is 0.350 e. The van der Waals surface area contributed by atoms with Gasteiger partial charge in [-0.15, -0.1) is 17.8 Å². The predicted molar refractivity (Wildman–Crippen MR) is 60.4 cm³/mol. The van der Waals surface area contributed by atoms with Crippen molar-refractivity contribution >= 4 is 17.2 Å². The molecular weight excluding hydrogens is 210 g/mol. The number of nitrogens with one attached hydrogen (secondary N) is 2. The van der Waals surface area contributed by atoms with Gasteiger partial charge < -0.3 is 5.32 Å². The Morgan fingerprint density at radius 2 is 2.53 bits per heavy atom. The van der Waals surface area contributed by atoms with Crippen LogP contribution in [0.25, 0.3) is 0 Å². The van der Waals surface area contributed by atoms with Crippen LogP contribution in [0.2, 0.25) is 0 Å². The summed E-state index contributed by atoms with van der Waals surface area (Å²) in [5, 5.41) is 5.60. The molecule has 0 aromatic carbocycles. The second kappa shape index (κ2) is 6.17. The summed E-state index contributed by atoms with van der Waals surface area (Å²) in [5.74, 6) is 2.35. The fraction of sp³-hybridized carbons (Fsp3) is 0.400. The summed E-state index contributed by atoms with van der Waals surface area (Å²) in [7, 11) is 0. The van der Waals surface area contributed by atoms with Crippen LogP contribution in [-0.4, -0.2) is 24.0 Å². The number of nitrogens with zero attached hydrogens (tertiary/aromatic N) is 1. The maximum Gasteiger partial charge on any atom is 0.234 e. The standard InChI is InChI=1S/C10H13N3OS/c1-3-4-11-6-10(14)12-5-9-8(2)13-7-15-9/h1,7,11H,4-6H2,2H3,(H,12,14). The van der Waals surface area contributed by atoms with Gasteiger partial charge in [0.2, 0.25) is 5.91 Å². The van der Waals surface area contributed by atoms with Crippen molar-refractivity contribution in [2.24, 2.45) is 0 Å². The van der Waals surface area contributed by atoms with Gasteiger partial charge in [0.1, 0.15) is 0 Å². The maximum absolute atomic E-state index is 11.3. The molecule has 1 heterocycles. The average molecular weight is 223 g/mol. The summed E-state index contributed by atoms with van der Waals surface area (Å²) in [5.41, 5.74) is 2.74. The van der Waals surface area contributed by atoms with E-state index in [0.29, 0.717) is 13.1 Å². The number of carbonyl (C=O) groups excluding carboxylic acids is 1. The van der Waals surface area contributed by atoms with Crippen LogP contribution in [0, 0.1) is 19.3 Å². The third-order valence-corrected chi connectivity index (χ3v) is 2.74. The average Bonchev–Trinajstić information content (AvgIpc) is 2.61. The van der Waals surface area contributed by atoms with E-state index in [4.69, 9.17) is 6.42 Å². The van der Waals surface area contributed by atoms with Gasteiger partial charge in [-0.2, -0.15) is 0 Å². The van der Waals surface area contributed by atoms with Gasteiger partial charge in [0, 0.05) is 4.88 Å². The minimum absolute atomic E-state index is 0.0574. The molecule has 1 rings (SSSR count). The number of aromatic nitrogens is 1. The smallest absolute Gasteiger partial charge is 0.234 e. The molecule has 4 nitrogen and oxygen atoms in total. The van der Waals surface area contributed by atoms with E-state index in [2.05, 4.69) is 21.5 Å². The Balaban J connectivity index is 2.23. The second-order valence-corrected chi connectivity index (χ2v) is 3.88. The second-order valence-electron chi connectivity index (χ2n) is 2.95. The zero-order chi connectivity index (χ0) is 11.1. The number of amides is 1. The van der Waals surface area contributed by atoms with Crippen LogP contribution in [0.3, 0.4) is 0 Å². The topological polar surface area (TPSA) is 54.0 Å². The van der Waals surface area contributed by atoms with Gasteiger partial charge in [-0.3, -0.25) is 10.1 Å². The third kappa shape index (κ3) is 4.11. The highest BCUT2D eigenvalue weighted by molar-refractivity contribution is 7.09. The summed E-state index contributed by atoms with van der Waals surface area (Å²) in [4.78, 5) is 16.4. The van der Waals surface area contributed by atoms with Gasteiger partial charge in [-0.1, -0.05) is 5.92 Å². The van der Waals surface area contributed by atoms with Gasteiger partial charge in [0.25, 0.3) is 0 Å². The first kappa shape index (κ1) is 11.7. The minimum Gasteiger partial charge on any atom is -0.350 e. The van der Waals surface area contributed by atoms with E-state index in [1.165, 1.54) is 0 Å². The number of terminal acetylenes is 1. The summed E-state index contributed by atoms with van der Waals surface area (Å²) < 4.78 is 0. The fourth-order valence-electron chi connectivity index (χ4n) is 0.985. The van der Waals surface area contributed by atoms with E-state index in [9.17, 15) is 4.79 Å². The lowest BCUT2D eigenvalue weighted by Crippen LogP contribution is -2.33. The van der Waals surface area contributed by atoms with E-state index < -0.39 is 0 Å². The molecular formula is C10H13N3OS. The van der Waals surface area contributed by atoms with Gasteiger partial charge in [-0.05, 0) is 6.92 Å². The Morgan fingerprint density at radius 1 is 1.73 bits per heavy atom. The number of carbonyl (C=O) groups is 1. The SMILES string of the molecule is C#CCNCC(=O)NCc1scnc1C. The number of thiazole rings is 1. The van der Waals surface area contributed by atoms with Crippen LogP contribution in [0.5, 0.6) is 0 Å². The van der Waals surface area contributed by atoms with Crippen molar-refractivity contribution in [1.29, 1.82) is 0 Å². The molecule has 0 aliphatic rings. The molecule has 0 saturated carbocycles. The van der Waals surface area contributed by atoms with Crippen LogP contribution in [0.15, 0.2) is 5.51 Å². The Morgan fingerprint density at radius 3 is 3.13 bits per heavy atom. The number of rotatable bonds is 5. The zero-order valence-electron chi connectivity index (χ0n) is 8.54. The molecule has 1 aromatic heterocycles. The molecule has 1 amide bonds. The number of hydrogen-bond donors (Lipinski definition) is 2.